The second kappa shape index (κ2) is 10.6. The molecule has 1 amide bonds. The summed E-state index contributed by atoms with van der Waals surface area (Å²) in [7, 11) is 0. The Morgan fingerprint density at radius 3 is 2.75 bits per heavy atom. The third kappa shape index (κ3) is 6.59. The number of halogens is 2. The van der Waals surface area contributed by atoms with Crippen molar-refractivity contribution in [3.8, 4) is 0 Å². The number of hydrazone groups is 1. The fourth-order valence-corrected chi connectivity index (χ4v) is 5.09. The summed E-state index contributed by atoms with van der Waals surface area (Å²) in [5, 5.41) is 12.7. The molecule has 28 heavy (non-hydrogen) atoms. The number of carbonyl (C=O) groups excluding carboxylic acids is 1. The van der Waals surface area contributed by atoms with Crippen molar-refractivity contribution in [2.75, 3.05) is 5.75 Å². The van der Waals surface area contributed by atoms with Gasteiger partial charge in [-0.1, -0.05) is 76.8 Å². The van der Waals surface area contributed by atoms with E-state index in [2.05, 4.69) is 20.7 Å². The molecule has 0 aliphatic heterocycles. The molecule has 3 aromatic rings. The smallest absolute Gasteiger partial charge is 0.250 e. The molecule has 0 unspecified atom stereocenters. The number of amides is 1. The van der Waals surface area contributed by atoms with Crippen LogP contribution in [0.1, 0.15) is 11.1 Å². The standard InChI is InChI=1S/C18H14ClFN4OS3/c19-15-7-2-1-5-13(15)10-26-17-23-24-18(28-17)27-11-16(25)22-21-9-12-4-3-6-14(20)8-12/h1-9H,10-11H2,(H,22,25). The molecular weight excluding hydrogens is 439 g/mol. The van der Waals surface area contributed by atoms with E-state index in [1.807, 2.05) is 24.3 Å². The van der Waals surface area contributed by atoms with E-state index in [0.29, 0.717) is 15.7 Å². The van der Waals surface area contributed by atoms with Crippen LogP contribution in [0.15, 0.2) is 62.3 Å². The SMILES string of the molecule is O=C(CSc1nnc(SCc2ccccc2Cl)s1)NN=Cc1cccc(F)c1. The molecule has 5 nitrogen and oxygen atoms in total. The lowest BCUT2D eigenvalue weighted by Crippen LogP contribution is -2.19. The van der Waals surface area contributed by atoms with Crippen LogP contribution >= 0.6 is 46.5 Å². The molecule has 1 N–H and O–H groups in total. The lowest BCUT2D eigenvalue weighted by atomic mass is 10.2. The van der Waals surface area contributed by atoms with Crippen LogP contribution < -0.4 is 5.43 Å². The predicted molar refractivity (Wildman–Crippen MR) is 114 cm³/mol. The number of hydrogen-bond acceptors (Lipinski definition) is 7. The van der Waals surface area contributed by atoms with Crippen molar-refractivity contribution in [1.82, 2.24) is 15.6 Å². The van der Waals surface area contributed by atoms with Gasteiger partial charge in [0.25, 0.3) is 5.91 Å². The number of hydrogen-bond donors (Lipinski definition) is 1. The number of nitrogens with zero attached hydrogens (tertiary/aromatic N) is 3. The van der Waals surface area contributed by atoms with Gasteiger partial charge in [0.15, 0.2) is 8.68 Å². The van der Waals surface area contributed by atoms with Crippen molar-refractivity contribution in [1.29, 1.82) is 0 Å². The highest BCUT2D eigenvalue weighted by molar-refractivity contribution is 8.03. The van der Waals surface area contributed by atoms with Crippen molar-refractivity contribution in [2.24, 2.45) is 5.10 Å². The van der Waals surface area contributed by atoms with Crippen LogP contribution in [0.5, 0.6) is 0 Å². The van der Waals surface area contributed by atoms with Gasteiger partial charge < -0.3 is 0 Å². The van der Waals surface area contributed by atoms with Crippen LogP contribution in [0, 0.1) is 5.82 Å². The molecule has 2 aromatic carbocycles. The zero-order valence-corrected chi connectivity index (χ0v) is 17.5. The van der Waals surface area contributed by atoms with Gasteiger partial charge in [0.1, 0.15) is 5.82 Å². The van der Waals surface area contributed by atoms with Gasteiger partial charge in [-0.2, -0.15) is 5.10 Å². The number of aromatic nitrogens is 2. The third-order valence-corrected chi connectivity index (χ3v) is 6.88. The molecular formula is C18H14ClFN4OS3. The molecule has 10 heteroatoms. The van der Waals surface area contributed by atoms with Crippen molar-refractivity contribution >= 4 is 58.6 Å². The van der Waals surface area contributed by atoms with Gasteiger partial charge in [0.05, 0.1) is 12.0 Å². The Labute approximate surface area is 178 Å². The molecule has 0 fully saturated rings. The van der Waals surface area contributed by atoms with E-state index < -0.39 is 0 Å². The van der Waals surface area contributed by atoms with E-state index >= 15 is 0 Å². The molecule has 3 rings (SSSR count). The summed E-state index contributed by atoms with van der Waals surface area (Å²) in [5.41, 5.74) is 4.01. The Bertz CT molecular complexity index is 983. The largest absolute Gasteiger partial charge is 0.272 e. The van der Waals surface area contributed by atoms with Gasteiger partial charge in [-0.3, -0.25) is 4.79 Å². The first-order valence-electron chi connectivity index (χ1n) is 8.00. The lowest BCUT2D eigenvalue weighted by Gasteiger charge is -2.00. The number of carbonyl (C=O) groups is 1. The zero-order valence-electron chi connectivity index (χ0n) is 14.3. The number of thioether (sulfide) groups is 2. The number of benzene rings is 2. The summed E-state index contributed by atoms with van der Waals surface area (Å²) in [6.07, 6.45) is 1.39. The monoisotopic (exact) mass is 452 g/mol. The Kier molecular flexibility index (Phi) is 7.84. The summed E-state index contributed by atoms with van der Waals surface area (Å²) < 4.78 is 14.6. The van der Waals surface area contributed by atoms with Crippen molar-refractivity contribution in [3.63, 3.8) is 0 Å². The predicted octanol–water partition coefficient (Wildman–Crippen LogP) is 4.87. The molecule has 1 aromatic heterocycles. The maximum atomic E-state index is 13.1. The molecule has 0 spiro atoms. The molecule has 0 radical (unpaired) electrons. The van der Waals surface area contributed by atoms with Crippen LogP contribution in [-0.4, -0.2) is 28.1 Å². The highest BCUT2D eigenvalue weighted by Gasteiger charge is 2.09. The molecule has 144 valence electrons. The quantitative estimate of drug-likeness (QED) is 0.300. The van der Waals surface area contributed by atoms with E-state index in [9.17, 15) is 9.18 Å². The van der Waals surface area contributed by atoms with Crippen LogP contribution in [0.25, 0.3) is 0 Å². The van der Waals surface area contributed by atoms with Crippen molar-refractivity contribution in [2.45, 2.75) is 14.4 Å². The summed E-state index contributed by atoms with van der Waals surface area (Å²) in [6, 6.07) is 13.6. The number of nitrogens with one attached hydrogen (secondary N) is 1. The zero-order chi connectivity index (χ0) is 19.8. The summed E-state index contributed by atoms with van der Waals surface area (Å²) in [5.74, 6) is 0.224. The maximum Gasteiger partial charge on any atom is 0.250 e. The molecule has 0 atom stereocenters. The Morgan fingerprint density at radius 2 is 1.96 bits per heavy atom. The van der Waals surface area contributed by atoms with Crippen LogP contribution in [0.3, 0.4) is 0 Å². The van der Waals surface area contributed by atoms with Gasteiger partial charge in [0.2, 0.25) is 0 Å². The number of rotatable bonds is 8. The first kappa shape index (κ1) is 20.8. The second-order valence-electron chi connectivity index (χ2n) is 5.35. The molecule has 0 saturated heterocycles. The molecule has 0 aliphatic rings. The fourth-order valence-electron chi connectivity index (χ4n) is 1.99. The van der Waals surface area contributed by atoms with E-state index in [-0.39, 0.29) is 17.5 Å². The molecule has 0 bridgehead atoms. The lowest BCUT2D eigenvalue weighted by molar-refractivity contribution is -0.118. The average Bonchev–Trinajstić information content (AvgIpc) is 3.14. The topological polar surface area (TPSA) is 67.2 Å². The summed E-state index contributed by atoms with van der Waals surface area (Å²) in [4.78, 5) is 11.8. The minimum absolute atomic E-state index is 0.157. The van der Waals surface area contributed by atoms with Gasteiger partial charge >= 0.3 is 0 Å². The third-order valence-electron chi connectivity index (χ3n) is 3.28. The Balaban J connectivity index is 1.42. The second-order valence-corrected chi connectivity index (χ2v) is 9.18. The van der Waals surface area contributed by atoms with E-state index in [0.717, 1.165) is 14.9 Å². The molecule has 0 aliphatic carbocycles. The van der Waals surface area contributed by atoms with E-state index in [1.165, 1.54) is 41.4 Å². The first-order valence-corrected chi connectivity index (χ1v) is 11.2. The highest BCUT2D eigenvalue weighted by atomic mass is 35.5. The van der Waals surface area contributed by atoms with E-state index in [1.54, 1.807) is 23.9 Å². The molecule has 1 heterocycles. The van der Waals surface area contributed by atoms with Gasteiger partial charge in [-0.25, -0.2) is 9.82 Å². The molecule has 0 saturated carbocycles. The van der Waals surface area contributed by atoms with Crippen molar-refractivity contribution in [3.05, 3.63) is 70.5 Å². The minimum Gasteiger partial charge on any atom is -0.272 e. The van der Waals surface area contributed by atoms with E-state index in [4.69, 9.17) is 11.6 Å². The first-order chi connectivity index (χ1) is 13.6. The van der Waals surface area contributed by atoms with Gasteiger partial charge in [-0.05, 0) is 29.3 Å². The van der Waals surface area contributed by atoms with Crippen LogP contribution in [0.4, 0.5) is 4.39 Å². The van der Waals surface area contributed by atoms with Crippen LogP contribution in [0.2, 0.25) is 5.02 Å². The van der Waals surface area contributed by atoms with Gasteiger partial charge in [0, 0.05) is 10.8 Å². The van der Waals surface area contributed by atoms with Crippen LogP contribution in [-0.2, 0) is 10.5 Å². The van der Waals surface area contributed by atoms with Crippen molar-refractivity contribution < 1.29 is 9.18 Å². The Morgan fingerprint density at radius 1 is 1.18 bits per heavy atom. The fraction of sp³-hybridized carbons (Fsp3) is 0.111. The maximum absolute atomic E-state index is 13.1. The average molecular weight is 453 g/mol. The summed E-state index contributed by atoms with van der Waals surface area (Å²) >= 11 is 10.4. The summed E-state index contributed by atoms with van der Waals surface area (Å²) in [6.45, 7) is 0. The highest BCUT2D eigenvalue weighted by Crippen LogP contribution is 2.32. The normalized spacial score (nSPS) is 11.1. The Hall–Kier alpha value is -1.94. The van der Waals surface area contributed by atoms with Gasteiger partial charge in [-0.15, -0.1) is 10.2 Å². The minimum atomic E-state index is -0.356.